The average Bonchev–Trinajstić information content (AvgIpc) is 2.73. The van der Waals surface area contributed by atoms with Crippen LogP contribution in [0.4, 0.5) is 0 Å². The molecule has 3 heteroatoms. The van der Waals surface area contributed by atoms with E-state index in [4.69, 9.17) is 5.11 Å². The number of β-amino-alcohol motifs (C(OH)–C–C–N with tert-alkyl or cyclic N) is 1. The van der Waals surface area contributed by atoms with Gasteiger partial charge in [-0.05, 0) is 31.1 Å². The van der Waals surface area contributed by atoms with Crippen LogP contribution in [0.15, 0.2) is 0 Å². The zero-order chi connectivity index (χ0) is 9.05. The van der Waals surface area contributed by atoms with Crippen molar-refractivity contribution >= 4 is 5.91 Å². The Kier molecular flexibility index (Phi) is 1.36. The van der Waals surface area contributed by atoms with Crippen molar-refractivity contribution in [2.45, 2.75) is 31.8 Å². The molecule has 1 amide bonds. The van der Waals surface area contributed by atoms with E-state index in [-0.39, 0.29) is 6.10 Å². The second-order valence-electron chi connectivity index (χ2n) is 5.00. The van der Waals surface area contributed by atoms with Gasteiger partial charge < -0.3 is 10.0 Å². The Morgan fingerprint density at radius 1 is 1.31 bits per heavy atom. The van der Waals surface area contributed by atoms with E-state index in [1.54, 1.807) is 4.90 Å². The second-order valence-corrected chi connectivity index (χ2v) is 5.00. The lowest BCUT2D eigenvalue weighted by Crippen LogP contribution is -2.56. The van der Waals surface area contributed by atoms with E-state index in [0.29, 0.717) is 30.3 Å². The lowest BCUT2D eigenvalue weighted by molar-refractivity contribution is -0.150. The van der Waals surface area contributed by atoms with Gasteiger partial charge in [-0.15, -0.1) is 0 Å². The highest BCUT2D eigenvalue weighted by atomic mass is 16.3. The number of carbonyl (C=O) groups excluding carboxylic acids is 1. The first-order chi connectivity index (χ1) is 6.19. The Hall–Kier alpha value is -0.570. The molecule has 1 heterocycles. The third-order valence-corrected chi connectivity index (χ3v) is 3.84. The standard InChI is InChI=1S/C10H15NO2/c12-8-5-11(6-8)9(13)7-3-10(4-7)1-2-10/h7-8,12H,1-6H2. The highest BCUT2D eigenvalue weighted by molar-refractivity contribution is 5.81. The number of hydrogen-bond acceptors (Lipinski definition) is 2. The van der Waals surface area contributed by atoms with Crippen LogP contribution >= 0.6 is 0 Å². The number of aliphatic hydroxyl groups excluding tert-OH is 1. The molecule has 0 bridgehead atoms. The number of rotatable bonds is 1. The molecule has 1 saturated heterocycles. The molecule has 1 spiro atoms. The van der Waals surface area contributed by atoms with Crippen molar-refractivity contribution in [3.05, 3.63) is 0 Å². The zero-order valence-electron chi connectivity index (χ0n) is 7.70. The number of amides is 1. The van der Waals surface area contributed by atoms with Crippen LogP contribution in [0.1, 0.15) is 25.7 Å². The number of hydrogen-bond donors (Lipinski definition) is 1. The van der Waals surface area contributed by atoms with Gasteiger partial charge in [-0.2, -0.15) is 0 Å². The summed E-state index contributed by atoms with van der Waals surface area (Å²) in [5.74, 6) is 0.595. The predicted octanol–water partition coefficient (Wildman–Crippen LogP) is 0.380. The van der Waals surface area contributed by atoms with Gasteiger partial charge in [0, 0.05) is 19.0 Å². The SMILES string of the molecule is O=C(C1CC2(CC2)C1)N1CC(O)C1. The summed E-state index contributed by atoms with van der Waals surface area (Å²) >= 11 is 0. The van der Waals surface area contributed by atoms with Gasteiger partial charge in [-0.3, -0.25) is 4.79 Å². The van der Waals surface area contributed by atoms with Crippen molar-refractivity contribution in [3.63, 3.8) is 0 Å². The van der Waals surface area contributed by atoms with Crippen LogP contribution in [0, 0.1) is 11.3 Å². The van der Waals surface area contributed by atoms with E-state index in [1.165, 1.54) is 12.8 Å². The Morgan fingerprint density at radius 3 is 2.38 bits per heavy atom. The Morgan fingerprint density at radius 2 is 1.92 bits per heavy atom. The van der Waals surface area contributed by atoms with Gasteiger partial charge in [0.1, 0.15) is 0 Å². The van der Waals surface area contributed by atoms with Crippen LogP contribution in [-0.4, -0.2) is 35.1 Å². The third-order valence-electron chi connectivity index (χ3n) is 3.84. The highest BCUT2D eigenvalue weighted by Crippen LogP contribution is 2.63. The summed E-state index contributed by atoms with van der Waals surface area (Å²) in [4.78, 5) is 13.5. The molecule has 3 rings (SSSR count). The summed E-state index contributed by atoms with van der Waals surface area (Å²) in [5.41, 5.74) is 0.615. The molecule has 0 aromatic rings. The van der Waals surface area contributed by atoms with Crippen molar-refractivity contribution in [2.75, 3.05) is 13.1 Å². The first-order valence-corrected chi connectivity index (χ1v) is 5.15. The van der Waals surface area contributed by atoms with E-state index < -0.39 is 0 Å². The number of aliphatic hydroxyl groups is 1. The maximum absolute atomic E-state index is 11.7. The van der Waals surface area contributed by atoms with Crippen LogP contribution in [0.5, 0.6) is 0 Å². The normalized spacial score (nSPS) is 31.3. The Bertz CT molecular complexity index is 246. The average molecular weight is 181 g/mol. The first-order valence-electron chi connectivity index (χ1n) is 5.15. The predicted molar refractivity (Wildman–Crippen MR) is 47.0 cm³/mol. The monoisotopic (exact) mass is 181 g/mol. The molecule has 1 aliphatic heterocycles. The Labute approximate surface area is 77.7 Å². The van der Waals surface area contributed by atoms with Crippen molar-refractivity contribution in [2.24, 2.45) is 11.3 Å². The van der Waals surface area contributed by atoms with Crippen LogP contribution in [0.25, 0.3) is 0 Å². The van der Waals surface area contributed by atoms with Crippen LogP contribution < -0.4 is 0 Å². The van der Waals surface area contributed by atoms with E-state index in [0.717, 1.165) is 12.8 Å². The zero-order valence-corrected chi connectivity index (χ0v) is 7.70. The smallest absolute Gasteiger partial charge is 0.225 e. The molecular weight excluding hydrogens is 166 g/mol. The fourth-order valence-corrected chi connectivity index (χ4v) is 2.64. The maximum Gasteiger partial charge on any atom is 0.225 e. The molecule has 0 unspecified atom stereocenters. The molecule has 0 aromatic heterocycles. The quantitative estimate of drug-likeness (QED) is 0.635. The summed E-state index contributed by atoms with van der Waals surface area (Å²) < 4.78 is 0. The van der Waals surface area contributed by atoms with E-state index in [2.05, 4.69) is 0 Å². The second kappa shape index (κ2) is 2.27. The van der Waals surface area contributed by atoms with Gasteiger partial charge in [-0.25, -0.2) is 0 Å². The summed E-state index contributed by atoms with van der Waals surface area (Å²) in [6, 6.07) is 0. The molecule has 0 aromatic carbocycles. The van der Waals surface area contributed by atoms with Gasteiger partial charge in [0.05, 0.1) is 6.10 Å². The maximum atomic E-state index is 11.7. The van der Waals surface area contributed by atoms with E-state index >= 15 is 0 Å². The molecule has 2 saturated carbocycles. The molecule has 3 aliphatic rings. The van der Waals surface area contributed by atoms with Gasteiger partial charge in [0.2, 0.25) is 5.91 Å². The fraction of sp³-hybridized carbons (Fsp3) is 0.900. The molecule has 0 atom stereocenters. The molecule has 3 nitrogen and oxygen atoms in total. The van der Waals surface area contributed by atoms with Crippen LogP contribution in [0.3, 0.4) is 0 Å². The highest BCUT2D eigenvalue weighted by Gasteiger charge is 2.56. The minimum atomic E-state index is -0.251. The van der Waals surface area contributed by atoms with E-state index in [9.17, 15) is 4.79 Å². The molecule has 1 N–H and O–H groups in total. The van der Waals surface area contributed by atoms with Crippen molar-refractivity contribution in [1.82, 2.24) is 4.90 Å². The summed E-state index contributed by atoms with van der Waals surface area (Å²) in [5, 5.41) is 9.06. The number of nitrogens with zero attached hydrogens (tertiary/aromatic N) is 1. The van der Waals surface area contributed by atoms with Gasteiger partial charge in [0.25, 0.3) is 0 Å². The summed E-state index contributed by atoms with van der Waals surface area (Å²) in [7, 11) is 0. The lowest BCUT2D eigenvalue weighted by atomic mass is 9.71. The van der Waals surface area contributed by atoms with Crippen molar-refractivity contribution < 1.29 is 9.90 Å². The molecule has 0 radical (unpaired) electrons. The van der Waals surface area contributed by atoms with Gasteiger partial charge >= 0.3 is 0 Å². The van der Waals surface area contributed by atoms with Crippen LogP contribution in [-0.2, 0) is 4.79 Å². The summed E-state index contributed by atoms with van der Waals surface area (Å²) in [6.45, 7) is 1.14. The molecule has 2 aliphatic carbocycles. The molecular formula is C10H15NO2. The third kappa shape index (κ3) is 1.10. The Balaban J connectivity index is 1.53. The largest absolute Gasteiger partial charge is 0.389 e. The van der Waals surface area contributed by atoms with Crippen LogP contribution in [0.2, 0.25) is 0 Å². The van der Waals surface area contributed by atoms with E-state index in [1.807, 2.05) is 0 Å². The van der Waals surface area contributed by atoms with Gasteiger partial charge in [0.15, 0.2) is 0 Å². The fourth-order valence-electron chi connectivity index (χ4n) is 2.64. The minimum absolute atomic E-state index is 0.251. The van der Waals surface area contributed by atoms with Crippen molar-refractivity contribution in [1.29, 1.82) is 0 Å². The lowest BCUT2D eigenvalue weighted by Gasteiger charge is -2.43. The molecule has 3 fully saturated rings. The first kappa shape index (κ1) is 7.80. The summed E-state index contributed by atoms with van der Waals surface area (Å²) in [6.07, 6.45) is 4.69. The minimum Gasteiger partial charge on any atom is -0.389 e. The molecule has 13 heavy (non-hydrogen) atoms. The molecule has 72 valence electrons. The number of likely N-dealkylation sites (tertiary alicyclic amines) is 1. The topological polar surface area (TPSA) is 40.5 Å². The van der Waals surface area contributed by atoms with Gasteiger partial charge in [-0.1, -0.05) is 0 Å². The van der Waals surface area contributed by atoms with Crippen molar-refractivity contribution in [3.8, 4) is 0 Å². The number of carbonyl (C=O) groups is 1.